The van der Waals surface area contributed by atoms with Gasteiger partial charge in [-0.15, -0.1) is 0 Å². The van der Waals surface area contributed by atoms with Gasteiger partial charge in [0, 0.05) is 6.54 Å². The first-order valence-electron chi connectivity index (χ1n) is 5.01. The van der Waals surface area contributed by atoms with Crippen molar-refractivity contribution in [1.29, 1.82) is 0 Å². The number of halogens is 1. The number of nitrogens with zero attached hydrogens (tertiary/aromatic N) is 2. The number of aryl methyl sites for hydroxylation is 1. The molecule has 1 N–H and O–H groups in total. The Morgan fingerprint density at radius 3 is 2.62 bits per heavy atom. The Bertz CT molecular complexity index is 468. The quantitative estimate of drug-likeness (QED) is 0.886. The summed E-state index contributed by atoms with van der Waals surface area (Å²) in [6.07, 6.45) is 3.17. The number of hydrogen-bond donors (Lipinski definition) is 1. The fourth-order valence-electron chi connectivity index (χ4n) is 1.33. The van der Waals surface area contributed by atoms with Crippen LogP contribution in [-0.4, -0.2) is 9.97 Å². The number of rotatable bonds is 3. The van der Waals surface area contributed by atoms with E-state index in [1.165, 1.54) is 17.3 Å². The van der Waals surface area contributed by atoms with Crippen LogP contribution in [0.3, 0.4) is 0 Å². The summed E-state index contributed by atoms with van der Waals surface area (Å²) in [5.74, 6) is 0.688. The first kappa shape index (κ1) is 10.9. The van der Waals surface area contributed by atoms with Crippen molar-refractivity contribution < 1.29 is 0 Å². The van der Waals surface area contributed by atoms with E-state index in [1.54, 1.807) is 6.20 Å². The first-order valence-corrected chi connectivity index (χ1v) is 5.39. The van der Waals surface area contributed by atoms with Gasteiger partial charge in [-0.1, -0.05) is 41.4 Å². The molecule has 0 bridgehead atoms. The lowest BCUT2D eigenvalue weighted by Crippen LogP contribution is -2.01. The number of hydrogen-bond acceptors (Lipinski definition) is 3. The van der Waals surface area contributed by atoms with Crippen LogP contribution in [0.2, 0.25) is 5.15 Å². The zero-order chi connectivity index (χ0) is 11.4. The molecular formula is C12H12ClN3. The number of nitrogens with one attached hydrogen (secondary N) is 1. The third-order valence-corrected chi connectivity index (χ3v) is 2.38. The maximum Gasteiger partial charge on any atom is 0.149 e. The van der Waals surface area contributed by atoms with E-state index >= 15 is 0 Å². The minimum absolute atomic E-state index is 0.397. The van der Waals surface area contributed by atoms with Gasteiger partial charge in [0.25, 0.3) is 0 Å². The van der Waals surface area contributed by atoms with E-state index in [0.29, 0.717) is 11.0 Å². The Balaban J connectivity index is 1.99. The Kier molecular flexibility index (Phi) is 3.37. The van der Waals surface area contributed by atoms with Gasteiger partial charge in [0.15, 0.2) is 0 Å². The van der Waals surface area contributed by atoms with E-state index in [4.69, 9.17) is 11.6 Å². The summed E-state index contributed by atoms with van der Waals surface area (Å²) in [6.45, 7) is 2.79. The van der Waals surface area contributed by atoms with Crippen LogP contribution in [0.25, 0.3) is 0 Å². The Morgan fingerprint density at radius 2 is 1.94 bits per heavy atom. The second kappa shape index (κ2) is 4.94. The lowest BCUT2D eigenvalue weighted by atomic mass is 10.1. The third kappa shape index (κ3) is 2.94. The molecule has 0 atom stereocenters. The van der Waals surface area contributed by atoms with Gasteiger partial charge in [-0.2, -0.15) is 0 Å². The van der Waals surface area contributed by atoms with E-state index in [1.807, 2.05) is 0 Å². The van der Waals surface area contributed by atoms with Crippen LogP contribution in [0.1, 0.15) is 11.1 Å². The van der Waals surface area contributed by atoms with Crippen molar-refractivity contribution in [3.63, 3.8) is 0 Å². The van der Waals surface area contributed by atoms with Crippen molar-refractivity contribution in [2.75, 3.05) is 5.32 Å². The van der Waals surface area contributed by atoms with Gasteiger partial charge in [0.2, 0.25) is 0 Å². The summed E-state index contributed by atoms with van der Waals surface area (Å²) >= 11 is 5.73. The number of benzene rings is 1. The van der Waals surface area contributed by atoms with Gasteiger partial charge < -0.3 is 5.32 Å². The standard InChI is InChI=1S/C12H12ClN3/c1-9-2-4-10(5-3-9)6-15-12-8-14-7-11(13)16-12/h2-5,7-8H,6H2,1H3,(H,15,16). The molecule has 0 aliphatic rings. The Morgan fingerprint density at radius 1 is 1.19 bits per heavy atom. The minimum Gasteiger partial charge on any atom is -0.365 e. The zero-order valence-corrected chi connectivity index (χ0v) is 9.70. The Labute approximate surface area is 99.5 Å². The molecule has 16 heavy (non-hydrogen) atoms. The molecule has 0 amide bonds. The van der Waals surface area contributed by atoms with E-state index in [2.05, 4.69) is 46.5 Å². The summed E-state index contributed by atoms with van der Waals surface area (Å²) in [5.41, 5.74) is 2.46. The molecule has 0 aliphatic carbocycles. The molecule has 2 rings (SSSR count). The summed E-state index contributed by atoms with van der Waals surface area (Å²) in [6, 6.07) is 8.34. The van der Waals surface area contributed by atoms with Crippen molar-refractivity contribution >= 4 is 17.4 Å². The van der Waals surface area contributed by atoms with Crippen molar-refractivity contribution in [3.8, 4) is 0 Å². The van der Waals surface area contributed by atoms with Crippen LogP contribution in [-0.2, 0) is 6.54 Å². The molecule has 1 heterocycles. The molecule has 0 spiro atoms. The predicted molar refractivity (Wildman–Crippen MR) is 65.5 cm³/mol. The summed E-state index contributed by atoms with van der Waals surface area (Å²) < 4.78 is 0. The molecule has 0 aliphatic heterocycles. The van der Waals surface area contributed by atoms with Gasteiger partial charge in [-0.25, -0.2) is 4.98 Å². The van der Waals surface area contributed by atoms with Crippen molar-refractivity contribution in [3.05, 3.63) is 52.9 Å². The van der Waals surface area contributed by atoms with Gasteiger partial charge in [-0.05, 0) is 12.5 Å². The molecule has 1 aromatic carbocycles. The molecule has 2 aromatic rings. The largest absolute Gasteiger partial charge is 0.365 e. The Hall–Kier alpha value is -1.61. The van der Waals surface area contributed by atoms with Crippen LogP contribution in [0.4, 0.5) is 5.82 Å². The highest BCUT2D eigenvalue weighted by Crippen LogP contribution is 2.09. The molecule has 1 aromatic heterocycles. The topological polar surface area (TPSA) is 37.8 Å². The van der Waals surface area contributed by atoms with Crippen LogP contribution < -0.4 is 5.32 Å². The third-order valence-electron chi connectivity index (χ3n) is 2.20. The minimum atomic E-state index is 0.397. The SMILES string of the molecule is Cc1ccc(CNc2cncc(Cl)n2)cc1. The van der Waals surface area contributed by atoms with Crippen LogP contribution >= 0.6 is 11.6 Å². The second-order valence-corrected chi connectivity index (χ2v) is 3.95. The van der Waals surface area contributed by atoms with E-state index in [0.717, 1.165) is 6.54 Å². The maximum absolute atomic E-state index is 5.73. The second-order valence-electron chi connectivity index (χ2n) is 3.57. The van der Waals surface area contributed by atoms with Gasteiger partial charge in [0.05, 0.1) is 12.4 Å². The van der Waals surface area contributed by atoms with Crippen LogP contribution in [0.5, 0.6) is 0 Å². The lowest BCUT2D eigenvalue weighted by molar-refractivity contribution is 1.08. The average Bonchev–Trinajstić information content (AvgIpc) is 2.28. The van der Waals surface area contributed by atoms with Crippen molar-refractivity contribution in [2.24, 2.45) is 0 Å². The van der Waals surface area contributed by atoms with Gasteiger partial charge >= 0.3 is 0 Å². The van der Waals surface area contributed by atoms with Crippen LogP contribution in [0.15, 0.2) is 36.7 Å². The molecule has 0 saturated heterocycles. The number of anilines is 1. The average molecular weight is 234 g/mol. The van der Waals surface area contributed by atoms with Crippen molar-refractivity contribution in [1.82, 2.24) is 9.97 Å². The summed E-state index contributed by atoms with van der Waals surface area (Å²) in [4.78, 5) is 8.05. The normalized spacial score (nSPS) is 10.1. The smallest absolute Gasteiger partial charge is 0.149 e. The molecule has 0 unspecified atom stereocenters. The molecule has 82 valence electrons. The van der Waals surface area contributed by atoms with E-state index in [9.17, 15) is 0 Å². The first-order chi connectivity index (χ1) is 7.74. The molecule has 0 saturated carbocycles. The molecule has 4 heteroatoms. The fraction of sp³-hybridized carbons (Fsp3) is 0.167. The van der Waals surface area contributed by atoms with Crippen LogP contribution in [0, 0.1) is 6.92 Å². The van der Waals surface area contributed by atoms with Crippen molar-refractivity contribution in [2.45, 2.75) is 13.5 Å². The highest BCUT2D eigenvalue weighted by atomic mass is 35.5. The van der Waals surface area contributed by atoms with Gasteiger partial charge in [-0.3, -0.25) is 4.98 Å². The zero-order valence-electron chi connectivity index (χ0n) is 8.94. The predicted octanol–water partition coefficient (Wildman–Crippen LogP) is 3.05. The molecule has 0 radical (unpaired) electrons. The monoisotopic (exact) mass is 233 g/mol. The fourth-order valence-corrected chi connectivity index (χ4v) is 1.47. The van der Waals surface area contributed by atoms with Gasteiger partial charge in [0.1, 0.15) is 11.0 Å². The highest BCUT2D eigenvalue weighted by Gasteiger charge is 1.96. The van der Waals surface area contributed by atoms with E-state index < -0.39 is 0 Å². The molecule has 3 nitrogen and oxygen atoms in total. The summed E-state index contributed by atoms with van der Waals surface area (Å²) in [5, 5.41) is 3.56. The molecular weight excluding hydrogens is 222 g/mol. The molecule has 0 fully saturated rings. The lowest BCUT2D eigenvalue weighted by Gasteiger charge is -2.05. The maximum atomic E-state index is 5.73. The highest BCUT2D eigenvalue weighted by molar-refractivity contribution is 6.29. The summed E-state index contributed by atoms with van der Waals surface area (Å²) in [7, 11) is 0. The van der Waals surface area contributed by atoms with E-state index in [-0.39, 0.29) is 0 Å². The number of aromatic nitrogens is 2.